The highest BCUT2D eigenvalue weighted by atomic mass is 16.4. The average molecular weight is 297 g/mol. The minimum atomic E-state index is -0.745. The maximum Gasteiger partial charge on any atom is 0.304 e. The molecule has 2 saturated heterocycles. The summed E-state index contributed by atoms with van der Waals surface area (Å²) in [6, 6.07) is 0.0492. The van der Waals surface area contributed by atoms with Gasteiger partial charge >= 0.3 is 5.97 Å². The third kappa shape index (κ3) is 4.97. The van der Waals surface area contributed by atoms with E-state index in [2.05, 4.69) is 15.5 Å². The van der Waals surface area contributed by atoms with Gasteiger partial charge in [-0.3, -0.25) is 14.5 Å². The normalized spacial score (nSPS) is 28.2. The van der Waals surface area contributed by atoms with Crippen molar-refractivity contribution in [2.24, 2.45) is 5.92 Å². The zero-order chi connectivity index (χ0) is 15.2. The van der Waals surface area contributed by atoms with Crippen LogP contribution in [0.5, 0.6) is 0 Å². The summed E-state index contributed by atoms with van der Waals surface area (Å²) in [5.74, 6) is -0.200. The number of carboxylic acid groups (broad SMARTS) is 1. The number of aliphatic carboxylic acids is 1. The first-order chi connectivity index (χ1) is 10.1. The lowest BCUT2D eigenvalue weighted by Gasteiger charge is -2.36. The topological polar surface area (TPSA) is 81.7 Å². The van der Waals surface area contributed by atoms with E-state index >= 15 is 0 Å². The molecule has 3 atom stereocenters. The second-order valence-corrected chi connectivity index (χ2v) is 6.34. The van der Waals surface area contributed by atoms with Gasteiger partial charge in [0.15, 0.2) is 0 Å². The summed E-state index contributed by atoms with van der Waals surface area (Å²) in [5.41, 5.74) is 0. The zero-order valence-electron chi connectivity index (χ0n) is 12.8. The van der Waals surface area contributed by atoms with E-state index in [1.165, 1.54) is 0 Å². The van der Waals surface area contributed by atoms with E-state index in [9.17, 15) is 9.59 Å². The van der Waals surface area contributed by atoms with Crippen LogP contribution in [0.2, 0.25) is 0 Å². The fraction of sp³-hybridized carbons (Fsp3) is 0.867. The third-order valence-electron chi connectivity index (χ3n) is 4.59. The molecule has 2 aliphatic rings. The van der Waals surface area contributed by atoms with Gasteiger partial charge in [-0.15, -0.1) is 0 Å². The van der Waals surface area contributed by atoms with Gasteiger partial charge in [0.05, 0.1) is 12.5 Å². The van der Waals surface area contributed by atoms with E-state index in [0.29, 0.717) is 12.5 Å². The van der Waals surface area contributed by atoms with E-state index in [0.717, 1.165) is 45.3 Å². The number of hydrogen-bond acceptors (Lipinski definition) is 4. The summed E-state index contributed by atoms with van der Waals surface area (Å²) in [6.45, 7) is 5.45. The second kappa shape index (κ2) is 7.75. The lowest BCUT2D eigenvalue weighted by molar-refractivity contribution is -0.138. The summed E-state index contributed by atoms with van der Waals surface area (Å²) in [7, 11) is 0. The molecule has 6 nitrogen and oxygen atoms in total. The average Bonchev–Trinajstić information content (AvgIpc) is 2.98. The number of amides is 1. The fourth-order valence-corrected chi connectivity index (χ4v) is 3.32. The quantitative estimate of drug-likeness (QED) is 0.662. The number of hydrogen-bond donors (Lipinski definition) is 3. The Morgan fingerprint density at radius 2 is 2.19 bits per heavy atom. The molecule has 0 aromatic heterocycles. The van der Waals surface area contributed by atoms with Gasteiger partial charge in [-0.2, -0.15) is 0 Å². The van der Waals surface area contributed by atoms with Gasteiger partial charge in [0.25, 0.3) is 0 Å². The molecule has 2 aliphatic heterocycles. The van der Waals surface area contributed by atoms with Gasteiger partial charge in [0.1, 0.15) is 0 Å². The van der Waals surface area contributed by atoms with Crippen LogP contribution >= 0.6 is 0 Å². The Balaban J connectivity index is 1.73. The molecular formula is C15H27N3O3. The second-order valence-electron chi connectivity index (χ2n) is 6.34. The van der Waals surface area contributed by atoms with Gasteiger partial charge in [-0.1, -0.05) is 0 Å². The lowest BCUT2D eigenvalue weighted by atomic mass is 9.96. The molecule has 3 unspecified atom stereocenters. The van der Waals surface area contributed by atoms with Crippen LogP contribution in [-0.2, 0) is 9.59 Å². The van der Waals surface area contributed by atoms with Crippen LogP contribution in [0.25, 0.3) is 0 Å². The molecule has 1 amide bonds. The molecule has 21 heavy (non-hydrogen) atoms. The molecule has 2 fully saturated rings. The predicted octanol–water partition coefficient (Wildman–Crippen LogP) is 0.430. The van der Waals surface area contributed by atoms with Gasteiger partial charge in [-0.25, -0.2) is 0 Å². The summed E-state index contributed by atoms with van der Waals surface area (Å²) in [6.07, 6.45) is 4.37. The number of piperidine rings is 1. The number of carbonyl (C=O) groups excluding carboxylic acids is 1. The maximum absolute atomic E-state index is 12.0. The van der Waals surface area contributed by atoms with Crippen molar-refractivity contribution in [1.29, 1.82) is 0 Å². The van der Waals surface area contributed by atoms with Crippen LogP contribution in [0, 0.1) is 5.92 Å². The fourth-order valence-electron chi connectivity index (χ4n) is 3.32. The van der Waals surface area contributed by atoms with Crippen molar-refractivity contribution in [1.82, 2.24) is 15.5 Å². The zero-order valence-corrected chi connectivity index (χ0v) is 12.8. The number of carboxylic acids is 1. The van der Waals surface area contributed by atoms with E-state index in [1.54, 1.807) is 0 Å². The largest absolute Gasteiger partial charge is 0.481 e. The molecule has 2 heterocycles. The van der Waals surface area contributed by atoms with Crippen molar-refractivity contribution in [2.75, 3.05) is 26.2 Å². The highest BCUT2D eigenvalue weighted by Gasteiger charge is 2.26. The van der Waals surface area contributed by atoms with Crippen molar-refractivity contribution >= 4 is 11.9 Å². The van der Waals surface area contributed by atoms with E-state index in [1.807, 2.05) is 6.92 Å². The molecule has 0 aromatic rings. The van der Waals surface area contributed by atoms with Gasteiger partial charge in [-0.05, 0) is 51.6 Å². The number of likely N-dealkylation sites (tertiary alicyclic amines) is 1. The number of rotatable bonds is 6. The molecule has 0 aliphatic carbocycles. The molecule has 0 radical (unpaired) electrons. The van der Waals surface area contributed by atoms with Crippen LogP contribution in [0.15, 0.2) is 0 Å². The molecule has 3 N–H and O–H groups in total. The van der Waals surface area contributed by atoms with Crippen LogP contribution < -0.4 is 10.6 Å². The highest BCUT2D eigenvalue weighted by Crippen LogP contribution is 2.19. The Morgan fingerprint density at radius 3 is 2.86 bits per heavy atom. The Morgan fingerprint density at radius 1 is 1.38 bits per heavy atom. The molecule has 0 bridgehead atoms. The number of nitrogens with zero attached hydrogens (tertiary/aromatic N) is 1. The minimum Gasteiger partial charge on any atom is -0.481 e. The Bertz CT molecular complexity index is 369. The van der Waals surface area contributed by atoms with Crippen molar-refractivity contribution in [2.45, 2.75) is 51.1 Å². The van der Waals surface area contributed by atoms with Crippen LogP contribution in [0.1, 0.15) is 39.0 Å². The van der Waals surface area contributed by atoms with E-state index in [-0.39, 0.29) is 24.4 Å². The Labute approximate surface area is 126 Å². The molecule has 0 aromatic carbocycles. The summed E-state index contributed by atoms with van der Waals surface area (Å²) in [4.78, 5) is 25.0. The van der Waals surface area contributed by atoms with Crippen LogP contribution in [0.4, 0.5) is 0 Å². The molecule has 120 valence electrons. The molecule has 6 heteroatoms. The molecule has 0 saturated carbocycles. The van der Waals surface area contributed by atoms with E-state index in [4.69, 9.17) is 5.11 Å². The minimum absolute atomic E-state index is 0.0179. The van der Waals surface area contributed by atoms with Gasteiger partial charge in [0.2, 0.25) is 5.91 Å². The maximum atomic E-state index is 12.0. The van der Waals surface area contributed by atoms with Crippen molar-refractivity contribution in [3.63, 3.8) is 0 Å². The third-order valence-corrected chi connectivity index (χ3v) is 4.59. The number of carbonyl (C=O) groups is 2. The lowest BCUT2D eigenvalue weighted by Crippen LogP contribution is -2.47. The first-order valence-electron chi connectivity index (χ1n) is 8.03. The number of nitrogens with one attached hydrogen (secondary N) is 2. The molecular weight excluding hydrogens is 270 g/mol. The Kier molecular flexibility index (Phi) is 5.99. The highest BCUT2D eigenvalue weighted by molar-refractivity contribution is 5.81. The molecule has 0 spiro atoms. The van der Waals surface area contributed by atoms with Crippen LogP contribution in [0.3, 0.4) is 0 Å². The smallest absolute Gasteiger partial charge is 0.304 e. The van der Waals surface area contributed by atoms with E-state index < -0.39 is 5.97 Å². The first kappa shape index (κ1) is 16.2. The molecule has 2 rings (SSSR count). The van der Waals surface area contributed by atoms with Gasteiger partial charge in [0, 0.05) is 19.1 Å². The predicted molar refractivity (Wildman–Crippen MR) is 80.0 cm³/mol. The summed E-state index contributed by atoms with van der Waals surface area (Å²) >= 11 is 0. The first-order valence-corrected chi connectivity index (χ1v) is 8.03. The standard InChI is InChI=1S/C15H27N3O3/c1-11(8-14(19)20)18-7-3-4-12(10-18)9-17-15(21)13-5-2-6-16-13/h11-13,16H,2-10H2,1H3,(H,17,21)(H,19,20). The summed E-state index contributed by atoms with van der Waals surface area (Å²) < 4.78 is 0. The monoisotopic (exact) mass is 297 g/mol. The summed E-state index contributed by atoms with van der Waals surface area (Å²) in [5, 5.41) is 15.1. The SMILES string of the molecule is CC(CC(=O)O)N1CCCC(CNC(=O)C2CCCN2)C1. The van der Waals surface area contributed by atoms with Crippen molar-refractivity contribution in [3.05, 3.63) is 0 Å². The van der Waals surface area contributed by atoms with Crippen molar-refractivity contribution in [3.8, 4) is 0 Å². The van der Waals surface area contributed by atoms with Crippen molar-refractivity contribution < 1.29 is 14.7 Å². The Hall–Kier alpha value is -1.14. The van der Waals surface area contributed by atoms with Gasteiger partial charge < -0.3 is 15.7 Å². The van der Waals surface area contributed by atoms with Crippen LogP contribution in [-0.4, -0.2) is 60.1 Å².